The zero-order valence-electron chi connectivity index (χ0n) is 8.29. The van der Waals surface area contributed by atoms with Crippen LogP contribution >= 0.6 is 0 Å². The van der Waals surface area contributed by atoms with Gasteiger partial charge in [-0.3, -0.25) is 4.79 Å². The summed E-state index contributed by atoms with van der Waals surface area (Å²) in [6, 6.07) is 0. The highest BCUT2D eigenvalue weighted by molar-refractivity contribution is 5.71. The summed E-state index contributed by atoms with van der Waals surface area (Å²) in [4.78, 5) is 10.8. The van der Waals surface area contributed by atoms with Crippen molar-refractivity contribution in [3.8, 4) is 0 Å². The Hall–Kier alpha value is -1.05. The third-order valence-corrected chi connectivity index (χ3v) is 1.64. The molecule has 0 aromatic heterocycles. The lowest BCUT2D eigenvalue weighted by Crippen LogP contribution is -1.95. The van der Waals surface area contributed by atoms with Crippen molar-refractivity contribution in [3.63, 3.8) is 0 Å². The Morgan fingerprint density at radius 2 is 2.15 bits per heavy atom. The quantitative estimate of drug-likeness (QED) is 0.261. The molecule has 0 rings (SSSR count). The average Bonchev–Trinajstić information content (AvgIpc) is 2.11. The summed E-state index contributed by atoms with van der Waals surface area (Å²) in [7, 11) is 0. The lowest BCUT2D eigenvalue weighted by atomic mass is 10.2. The van der Waals surface area contributed by atoms with Crippen LogP contribution in [0.4, 0.5) is 0 Å². The molecule has 0 amide bonds. The van der Waals surface area contributed by atoms with Gasteiger partial charge in [0.25, 0.3) is 0 Å². The van der Waals surface area contributed by atoms with Crippen molar-refractivity contribution in [2.75, 3.05) is 0 Å². The van der Waals surface area contributed by atoms with Gasteiger partial charge in [-0.2, -0.15) is 0 Å². The molecule has 0 aliphatic carbocycles. The van der Waals surface area contributed by atoms with Gasteiger partial charge in [0.15, 0.2) is 0 Å². The number of carbonyl (C=O) groups is 1. The van der Waals surface area contributed by atoms with Crippen molar-refractivity contribution >= 4 is 5.97 Å². The van der Waals surface area contributed by atoms with Gasteiger partial charge < -0.3 is 4.74 Å². The number of rotatable bonds is 7. The average molecular weight is 182 g/mol. The Kier molecular flexibility index (Phi) is 8.31. The van der Waals surface area contributed by atoms with Gasteiger partial charge in [-0.25, -0.2) is 0 Å². The molecule has 0 aliphatic rings. The molecule has 2 heteroatoms. The number of hydrogen-bond acceptors (Lipinski definition) is 2. The maximum Gasteiger partial charge on any atom is 0.314 e. The van der Waals surface area contributed by atoms with Crippen LogP contribution in [0.1, 0.15) is 39.0 Å². The first-order valence-corrected chi connectivity index (χ1v) is 4.76. The predicted molar refractivity (Wildman–Crippen MR) is 54.2 cm³/mol. The molecule has 0 heterocycles. The summed E-state index contributed by atoms with van der Waals surface area (Å²) in [6.07, 6.45) is 10.1. The number of esters is 1. The SMILES string of the molecule is C=COC(=O)C/C=C/CCCCC. The van der Waals surface area contributed by atoms with Crippen molar-refractivity contribution < 1.29 is 9.53 Å². The Balaban J connectivity index is 3.29. The van der Waals surface area contributed by atoms with Crippen molar-refractivity contribution in [3.05, 3.63) is 25.0 Å². The third-order valence-electron chi connectivity index (χ3n) is 1.64. The van der Waals surface area contributed by atoms with Gasteiger partial charge in [0.05, 0.1) is 12.7 Å². The Bertz CT molecular complexity index is 171. The van der Waals surface area contributed by atoms with Crippen LogP contribution in [0.25, 0.3) is 0 Å². The van der Waals surface area contributed by atoms with Gasteiger partial charge in [-0.15, -0.1) is 0 Å². The second kappa shape index (κ2) is 9.04. The molecule has 0 aromatic carbocycles. The van der Waals surface area contributed by atoms with Crippen LogP contribution in [0.15, 0.2) is 25.0 Å². The molecular weight excluding hydrogens is 164 g/mol. The molecule has 0 bridgehead atoms. The molecule has 74 valence electrons. The number of ether oxygens (including phenoxy) is 1. The fraction of sp³-hybridized carbons (Fsp3) is 0.545. The van der Waals surface area contributed by atoms with E-state index in [1.54, 1.807) is 0 Å². The van der Waals surface area contributed by atoms with E-state index >= 15 is 0 Å². The molecule has 0 unspecified atom stereocenters. The van der Waals surface area contributed by atoms with Crippen LogP contribution in [0.2, 0.25) is 0 Å². The maximum absolute atomic E-state index is 10.8. The first-order valence-electron chi connectivity index (χ1n) is 4.76. The minimum atomic E-state index is -0.248. The number of allylic oxidation sites excluding steroid dienone is 1. The summed E-state index contributed by atoms with van der Waals surface area (Å²) in [5, 5.41) is 0. The summed E-state index contributed by atoms with van der Waals surface area (Å²) >= 11 is 0. The van der Waals surface area contributed by atoms with E-state index in [1.165, 1.54) is 19.3 Å². The van der Waals surface area contributed by atoms with E-state index in [9.17, 15) is 4.79 Å². The zero-order valence-corrected chi connectivity index (χ0v) is 8.29. The van der Waals surface area contributed by atoms with E-state index in [1.807, 2.05) is 12.2 Å². The number of unbranched alkanes of at least 4 members (excludes halogenated alkanes) is 3. The molecule has 2 nitrogen and oxygen atoms in total. The highest BCUT2D eigenvalue weighted by Crippen LogP contribution is 2.00. The van der Waals surface area contributed by atoms with Gasteiger partial charge >= 0.3 is 5.97 Å². The third kappa shape index (κ3) is 8.86. The van der Waals surface area contributed by atoms with Crippen molar-refractivity contribution in [1.29, 1.82) is 0 Å². The Morgan fingerprint density at radius 1 is 1.38 bits per heavy atom. The topological polar surface area (TPSA) is 26.3 Å². The molecule has 0 fully saturated rings. The molecule has 0 aliphatic heterocycles. The maximum atomic E-state index is 10.8. The predicted octanol–water partition coefficient (Wildman–Crippen LogP) is 3.20. The van der Waals surface area contributed by atoms with E-state index in [2.05, 4.69) is 18.2 Å². The smallest absolute Gasteiger partial charge is 0.314 e. The fourth-order valence-electron chi connectivity index (χ4n) is 0.951. The molecule has 0 saturated heterocycles. The summed E-state index contributed by atoms with van der Waals surface area (Å²) in [5.74, 6) is -0.248. The second-order valence-electron chi connectivity index (χ2n) is 2.83. The largest absolute Gasteiger partial charge is 0.435 e. The van der Waals surface area contributed by atoms with Gasteiger partial charge in [0.2, 0.25) is 0 Å². The number of carbonyl (C=O) groups excluding carboxylic acids is 1. The van der Waals surface area contributed by atoms with Crippen LogP contribution in [0.3, 0.4) is 0 Å². The van der Waals surface area contributed by atoms with E-state index in [0.29, 0.717) is 6.42 Å². The minimum Gasteiger partial charge on any atom is -0.435 e. The van der Waals surface area contributed by atoms with Crippen molar-refractivity contribution in [2.24, 2.45) is 0 Å². The van der Waals surface area contributed by atoms with Gasteiger partial charge in [-0.1, -0.05) is 38.5 Å². The van der Waals surface area contributed by atoms with Crippen LogP contribution < -0.4 is 0 Å². The van der Waals surface area contributed by atoms with Crippen molar-refractivity contribution in [2.45, 2.75) is 39.0 Å². The minimum absolute atomic E-state index is 0.248. The van der Waals surface area contributed by atoms with Crippen molar-refractivity contribution in [1.82, 2.24) is 0 Å². The first-order chi connectivity index (χ1) is 6.31. The molecule has 0 N–H and O–H groups in total. The summed E-state index contributed by atoms with van der Waals surface area (Å²) in [6.45, 7) is 5.47. The first kappa shape index (κ1) is 11.9. The van der Waals surface area contributed by atoms with Crippen LogP contribution in [0.5, 0.6) is 0 Å². The second-order valence-corrected chi connectivity index (χ2v) is 2.83. The molecule has 0 aromatic rings. The van der Waals surface area contributed by atoms with Gasteiger partial charge in [0, 0.05) is 0 Å². The molecule has 0 atom stereocenters. The molecule has 0 radical (unpaired) electrons. The van der Waals surface area contributed by atoms with E-state index < -0.39 is 0 Å². The van der Waals surface area contributed by atoms with Gasteiger partial charge in [0.1, 0.15) is 0 Å². The fourth-order valence-corrected chi connectivity index (χ4v) is 0.951. The molecule has 13 heavy (non-hydrogen) atoms. The standard InChI is InChI=1S/C11H18O2/c1-3-5-6-7-8-9-10-11(12)13-4-2/h4,8-9H,2-3,5-7,10H2,1H3/b9-8+. The lowest BCUT2D eigenvalue weighted by molar-refractivity contribution is -0.136. The van der Waals surface area contributed by atoms with E-state index in [-0.39, 0.29) is 5.97 Å². The molecule has 0 spiro atoms. The molecular formula is C11H18O2. The normalized spacial score (nSPS) is 10.2. The summed E-state index contributed by atoms with van der Waals surface area (Å²) in [5.41, 5.74) is 0. The van der Waals surface area contributed by atoms with Crippen LogP contribution in [0, 0.1) is 0 Å². The summed E-state index contributed by atoms with van der Waals surface area (Å²) < 4.78 is 4.54. The van der Waals surface area contributed by atoms with Crippen LogP contribution in [-0.4, -0.2) is 5.97 Å². The lowest BCUT2D eigenvalue weighted by Gasteiger charge is -1.93. The monoisotopic (exact) mass is 182 g/mol. The zero-order chi connectivity index (χ0) is 9.94. The number of hydrogen-bond donors (Lipinski definition) is 0. The Morgan fingerprint density at radius 3 is 2.77 bits per heavy atom. The Labute approximate surface area is 80.3 Å². The molecule has 0 saturated carbocycles. The highest BCUT2D eigenvalue weighted by atomic mass is 16.5. The van der Waals surface area contributed by atoms with Crippen LogP contribution in [-0.2, 0) is 9.53 Å². The van der Waals surface area contributed by atoms with Gasteiger partial charge in [-0.05, 0) is 12.8 Å². The van der Waals surface area contributed by atoms with E-state index in [4.69, 9.17) is 0 Å². The van der Waals surface area contributed by atoms with E-state index in [0.717, 1.165) is 12.7 Å². The highest BCUT2D eigenvalue weighted by Gasteiger charge is 1.94.